The van der Waals surface area contributed by atoms with Crippen LogP contribution in [-0.2, 0) is 33.2 Å². The Kier molecular flexibility index (Phi) is 28.5. The highest BCUT2D eigenvalue weighted by Crippen LogP contribution is 2.33. The maximum Gasteiger partial charge on any atom is 0.217 e. The van der Waals surface area contributed by atoms with Gasteiger partial charge < -0.3 is 89.9 Å². The lowest BCUT2D eigenvalue weighted by Crippen LogP contribution is -2.66. The van der Waals surface area contributed by atoms with Crippen LogP contribution in [0.2, 0.25) is 0 Å². The molecular formula is C46H83NO18. The van der Waals surface area contributed by atoms with Crippen molar-refractivity contribution in [2.24, 2.45) is 0 Å². The van der Waals surface area contributed by atoms with Crippen LogP contribution < -0.4 is 5.32 Å². The molecule has 0 bridgehead atoms. The zero-order valence-electron chi connectivity index (χ0n) is 38.5. The third kappa shape index (κ3) is 19.3. The molecule has 3 aliphatic rings. The summed E-state index contributed by atoms with van der Waals surface area (Å²) >= 11 is 0. The van der Waals surface area contributed by atoms with Crippen molar-refractivity contribution in [3.63, 3.8) is 0 Å². The first kappa shape index (κ1) is 57.6. The second kappa shape index (κ2) is 32.2. The Morgan fingerprint density at radius 1 is 0.538 bits per heavy atom. The van der Waals surface area contributed by atoms with E-state index in [2.05, 4.69) is 24.4 Å². The number of aliphatic hydroxyl groups excluding tert-OH is 11. The molecule has 3 saturated heterocycles. The normalized spacial score (nSPS) is 34.3. The highest BCUT2D eigenvalue weighted by molar-refractivity contribution is 5.73. The average molecular weight is 938 g/mol. The van der Waals surface area contributed by atoms with Gasteiger partial charge in [-0.15, -0.1) is 0 Å². The molecule has 0 aromatic rings. The second-order valence-corrected chi connectivity index (χ2v) is 17.7. The van der Waals surface area contributed by atoms with Gasteiger partial charge in [0.2, 0.25) is 5.91 Å². The monoisotopic (exact) mass is 938 g/mol. The summed E-state index contributed by atoms with van der Waals surface area (Å²) in [6.07, 6.45) is 3.22. The van der Waals surface area contributed by atoms with E-state index in [0.717, 1.165) is 19.3 Å². The van der Waals surface area contributed by atoms with Crippen LogP contribution in [0.3, 0.4) is 0 Å². The molecule has 3 fully saturated rings. The molecule has 17 atom stereocenters. The number of hydrogen-bond donors (Lipinski definition) is 12. The fraction of sp³-hybridized carbons (Fsp3) is 0.891. The Balaban J connectivity index is 1.39. The van der Waals surface area contributed by atoms with Crippen LogP contribution in [0, 0.1) is 0 Å². The maximum atomic E-state index is 12.0. The Bertz CT molecular complexity index is 1310. The van der Waals surface area contributed by atoms with Gasteiger partial charge >= 0.3 is 0 Å². The largest absolute Gasteiger partial charge is 0.394 e. The first-order chi connectivity index (χ1) is 31.3. The lowest BCUT2D eigenvalue weighted by atomic mass is 9.96. The van der Waals surface area contributed by atoms with Crippen LogP contribution in [0.25, 0.3) is 0 Å². The highest BCUT2D eigenvalue weighted by Gasteiger charge is 2.53. The number of allylic oxidation sites excluding steroid dienone is 3. The van der Waals surface area contributed by atoms with Gasteiger partial charge in [-0.1, -0.05) is 121 Å². The van der Waals surface area contributed by atoms with Crippen LogP contribution in [0.15, 0.2) is 24.3 Å². The lowest BCUT2D eigenvalue weighted by Gasteiger charge is -2.48. The summed E-state index contributed by atoms with van der Waals surface area (Å²) in [5, 5.41) is 118. The molecule has 17 unspecified atom stereocenters. The molecule has 65 heavy (non-hydrogen) atoms. The van der Waals surface area contributed by atoms with Crippen molar-refractivity contribution in [2.45, 2.75) is 234 Å². The topological polar surface area (TPSA) is 307 Å². The standard InChI is InChI=1S/C46H83NO18/c1-3-4-5-6-7-8-9-10-11-12-13-14-15-16-17-18-19-20-21-22-23-24-31(52)30(47-29(2)51)28-60-44-40(58)37(55)42(33(26-49)62-44)65-46-41(59)38(56)43(34(27-50)63-46)64-45-39(57)36(54)35(53)32(25-48)61-45/h19-20,23-24,30-46,48-50,52-59H,3-18,21-22,25-28H2,1-2H3,(H,47,51)/b20-19+,24-23+. The Morgan fingerprint density at radius 2 is 0.954 bits per heavy atom. The molecule has 0 radical (unpaired) electrons. The molecule has 0 aromatic heterocycles. The first-order valence-electron chi connectivity index (χ1n) is 24.0. The van der Waals surface area contributed by atoms with E-state index in [4.69, 9.17) is 28.4 Å². The van der Waals surface area contributed by atoms with Crippen LogP contribution in [-0.4, -0.2) is 193 Å². The molecule has 380 valence electrons. The summed E-state index contributed by atoms with van der Waals surface area (Å²) < 4.78 is 33.6. The van der Waals surface area contributed by atoms with E-state index in [9.17, 15) is 61.0 Å². The number of ether oxygens (including phenoxy) is 6. The summed E-state index contributed by atoms with van der Waals surface area (Å²) in [5.41, 5.74) is 0. The van der Waals surface area contributed by atoms with Crippen LogP contribution in [0.5, 0.6) is 0 Å². The zero-order chi connectivity index (χ0) is 47.7. The molecule has 12 N–H and O–H groups in total. The van der Waals surface area contributed by atoms with E-state index in [1.807, 2.05) is 0 Å². The van der Waals surface area contributed by atoms with Gasteiger partial charge in [-0.25, -0.2) is 0 Å². The predicted molar refractivity (Wildman–Crippen MR) is 236 cm³/mol. The van der Waals surface area contributed by atoms with Crippen molar-refractivity contribution < 1.29 is 89.4 Å². The minimum atomic E-state index is -1.97. The van der Waals surface area contributed by atoms with Gasteiger partial charge in [-0.05, 0) is 25.7 Å². The van der Waals surface area contributed by atoms with Gasteiger partial charge in [0, 0.05) is 6.92 Å². The number of carbonyl (C=O) groups is 1. The maximum absolute atomic E-state index is 12.0. The molecule has 3 rings (SSSR count). The van der Waals surface area contributed by atoms with Crippen LogP contribution >= 0.6 is 0 Å². The van der Waals surface area contributed by atoms with Crippen LogP contribution in [0.1, 0.15) is 129 Å². The second-order valence-electron chi connectivity index (χ2n) is 17.7. The number of unbranched alkanes of at least 4 members (excludes halogenated alkanes) is 16. The third-order valence-electron chi connectivity index (χ3n) is 12.3. The van der Waals surface area contributed by atoms with Gasteiger partial charge in [-0.3, -0.25) is 4.79 Å². The summed E-state index contributed by atoms with van der Waals surface area (Å²) in [6.45, 7) is 0.708. The average Bonchev–Trinajstić information content (AvgIpc) is 3.29. The van der Waals surface area contributed by atoms with Gasteiger partial charge in [-0.2, -0.15) is 0 Å². The van der Waals surface area contributed by atoms with Gasteiger partial charge in [0.15, 0.2) is 18.9 Å². The van der Waals surface area contributed by atoms with Crippen molar-refractivity contribution in [1.82, 2.24) is 5.32 Å². The minimum Gasteiger partial charge on any atom is -0.394 e. The van der Waals surface area contributed by atoms with Crippen molar-refractivity contribution in [3.8, 4) is 0 Å². The summed E-state index contributed by atoms with van der Waals surface area (Å²) in [4.78, 5) is 12.0. The smallest absolute Gasteiger partial charge is 0.217 e. The first-order valence-corrected chi connectivity index (χ1v) is 24.0. The number of amides is 1. The molecule has 0 saturated carbocycles. The van der Waals surface area contributed by atoms with E-state index in [1.165, 1.54) is 103 Å². The van der Waals surface area contributed by atoms with Crippen molar-refractivity contribution in [2.75, 3.05) is 26.4 Å². The van der Waals surface area contributed by atoms with Crippen molar-refractivity contribution >= 4 is 5.91 Å². The Labute approximate surface area is 384 Å². The molecule has 19 nitrogen and oxygen atoms in total. The molecule has 0 spiro atoms. The molecule has 0 aliphatic carbocycles. The molecular weight excluding hydrogens is 854 g/mol. The van der Waals surface area contributed by atoms with Crippen molar-refractivity contribution in [1.29, 1.82) is 0 Å². The molecule has 3 heterocycles. The van der Waals surface area contributed by atoms with E-state index in [0.29, 0.717) is 6.42 Å². The van der Waals surface area contributed by atoms with Gasteiger partial charge in [0.25, 0.3) is 0 Å². The Hall–Kier alpha value is -1.73. The number of nitrogens with one attached hydrogen (secondary N) is 1. The van der Waals surface area contributed by atoms with E-state index >= 15 is 0 Å². The Morgan fingerprint density at radius 3 is 1.45 bits per heavy atom. The SMILES string of the molecule is CCCCCCCCCCCCCCCCC/C=C/CC/C=C/C(O)C(COC1OC(CO)C(OC2OC(CO)C(OC3OC(CO)C(O)C(O)C3O)C(O)C2O)C(O)C1O)NC(C)=O. The minimum absolute atomic E-state index is 0.382. The van der Waals surface area contributed by atoms with Crippen LogP contribution in [0.4, 0.5) is 0 Å². The molecule has 19 heteroatoms. The van der Waals surface area contributed by atoms with E-state index < -0.39 is 130 Å². The van der Waals surface area contributed by atoms with E-state index in [-0.39, 0.29) is 6.61 Å². The fourth-order valence-electron chi connectivity index (χ4n) is 8.30. The fourth-order valence-corrected chi connectivity index (χ4v) is 8.30. The number of aliphatic hydroxyl groups is 11. The van der Waals surface area contributed by atoms with Gasteiger partial charge in [0.1, 0.15) is 73.2 Å². The lowest BCUT2D eigenvalue weighted by molar-refractivity contribution is -0.379. The molecule has 3 aliphatic heterocycles. The molecule has 1 amide bonds. The highest BCUT2D eigenvalue weighted by atomic mass is 16.8. The molecule has 0 aromatic carbocycles. The van der Waals surface area contributed by atoms with Gasteiger partial charge in [0.05, 0.1) is 38.6 Å². The quantitative estimate of drug-likeness (QED) is 0.0322. The van der Waals surface area contributed by atoms with Crippen molar-refractivity contribution in [3.05, 3.63) is 24.3 Å². The number of rotatable bonds is 32. The summed E-state index contributed by atoms with van der Waals surface area (Å²) in [5.74, 6) is -0.463. The third-order valence-corrected chi connectivity index (χ3v) is 12.3. The van der Waals surface area contributed by atoms with E-state index in [1.54, 1.807) is 6.08 Å². The summed E-state index contributed by atoms with van der Waals surface area (Å²) in [6, 6.07) is -0.986. The number of carbonyl (C=O) groups excluding carboxylic acids is 1. The summed E-state index contributed by atoms with van der Waals surface area (Å²) in [7, 11) is 0. The number of hydrogen-bond acceptors (Lipinski definition) is 18. The zero-order valence-corrected chi connectivity index (χ0v) is 38.5. The predicted octanol–water partition coefficient (Wildman–Crippen LogP) is 0.471.